The Hall–Kier alpha value is -3.24. The van der Waals surface area contributed by atoms with Gasteiger partial charge in [0.15, 0.2) is 16.7 Å². The second-order valence-corrected chi connectivity index (χ2v) is 7.71. The van der Waals surface area contributed by atoms with Gasteiger partial charge in [-0.3, -0.25) is 19.3 Å². The van der Waals surface area contributed by atoms with Gasteiger partial charge in [-0.15, -0.1) is 22.7 Å². The summed E-state index contributed by atoms with van der Waals surface area (Å²) in [6, 6.07) is 7.47. The van der Waals surface area contributed by atoms with Crippen molar-refractivity contribution in [2.24, 2.45) is 0 Å². The quantitative estimate of drug-likeness (QED) is 0.454. The van der Waals surface area contributed by atoms with Gasteiger partial charge in [-0.2, -0.15) is 0 Å². The standard InChI is InChI=1S/C19H16N4O4S2/c1-26-14-4-2-12(3-5-14)15-11-29-18(21-15)22-16(24)10-27-17(25)8-13-9-23-6-7-28-19(23)20-13/h2-7,9,11H,8,10H2,1H3,(H,21,22,24). The highest BCUT2D eigenvalue weighted by Crippen LogP contribution is 2.26. The number of aromatic nitrogens is 3. The molecule has 8 nitrogen and oxygen atoms in total. The van der Waals surface area contributed by atoms with E-state index in [0.29, 0.717) is 10.8 Å². The van der Waals surface area contributed by atoms with E-state index >= 15 is 0 Å². The molecule has 0 aliphatic heterocycles. The normalized spacial score (nSPS) is 10.8. The number of benzene rings is 1. The molecule has 0 spiro atoms. The second kappa shape index (κ2) is 8.41. The van der Waals surface area contributed by atoms with Crippen molar-refractivity contribution in [1.82, 2.24) is 14.4 Å². The number of ether oxygens (including phenoxy) is 2. The highest BCUT2D eigenvalue weighted by Gasteiger charge is 2.13. The van der Waals surface area contributed by atoms with Crippen LogP contribution in [0.3, 0.4) is 0 Å². The number of hydrogen-bond donors (Lipinski definition) is 1. The lowest BCUT2D eigenvalue weighted by Gasteiger charge is -2.04. The van der Waals surface area contributed by atoms with Crippen molar-refractivity contribution in [3.05, 3.63) is 53.1 Å². The Kier molecular flexibility index (Phi) is 5.54. The number of carbonyl (C=O) groups is 2. The summed E-state index contributed by atoms with van der Waals surface area (Å²) in [7, 11) is 1.61. The zero-order chi connectivity index (χ0) is 20.2. The molecule has 0 atom stereocenters. The molecule has 0 aliphatic rings. The van der Waals surface area contributed by atoms with Crippen molar-refractivity contribution in [2.45, 2.75) is 6.42 Å². The number of nitrogens with one attached hydrogen (secondary N) is 1. The lowest BCUT2D eigenvalue weighted by molar-refractivity contribution is -0.146. The first-order chi connectivity index (χ1) is 14.1. The monoisotopic (exact) mass is 428 g/mol. The van der Waals surface area contributed by atoms with Gasteiger partial charge in [0.25, 0.3) is 5.91 Å². The Morgan fingerprint density at radius 2 is 2.00 bits per heavy atom. The maximum atomic E-state index is 12.0. The van der Waals surface area contributed by atoms with Gasteiger partial charge in [-0.05, 0) is 24.3 Å². The SMILES string of the molecule is COc1ccc(-c2csc(NC(=O)COC(=O)Cc3cn4ccsc4n3)n2)cc1. The van der Waals surface area contributed by atoms with Crippen molar-refractivity contribution >= 4 is 44.6 Å². The summed E-state index contributed by atoms with van der Waals surface area (Å²) in [5, 5.41) is 6.83. The topological polar surface area (TPSA) is 94.8 Å². The molecule has 29 heavy (non-hydrogen) atoms. The first-order valence-electron chi connectivity index (χ1n) is 8.57. The van der Waals surface area contributed by atoms with Crippen LogP contribution in [0.5, 0.6) is 5.75 Å². The Morgan fingerprint density at radius 3 is 2.76 bits per heavy atom. The summed E-state index contributed by atoms with van der Waals surface area (Å²) < 4.78 is 12.0. The first kappa shape index (κ1) is 19.1. The zero-order valence-corrected chi connectivity index (χ0v) is 17.0. The Morgan fingerprint density at radius 1 is 1.17 bits per heavy atom. The summed E-state index contributed by atoms with van der Waals surface area (Å²) in [5.41, 5.74) is 2.25. The zero-order valence-electron chi connectivity index (χ0n) is 15.3. The minimum absolute atomic E-state index is 0.0144. The smallest absolute Gasteiger partial charge is 0.312 e. The molecule has 0 unspecified atom stereocenters. The molecule has 3 heterocycles. The molecule has 0 aliphatic carbocycles. The average Bonchev–Trinajstić information content (AvgIpc) is 3.43. The van der Waals surface area contributed by atoms with Crippen molar-refractivity contribution < 1.29 is 19.1 Å². The number of anilines is 1. The number of rotatable bonds is 7. The third kappa shape index (κ3) is 4.61. The van der Waals surface area contributed by atoms with E-state index in [2.05, 4.69) is 15.3 Å². The molecule has 0 saturated carbocycles. The summed E-state index contributed by atoms with van der Waals surface area (Å²) in [5.74, 6) is -0.196. The number of carbonyl (C=O) groups excluding carboxylic acids is 2. The molecular weight excluding hydrogens is 412 g/mol. The van der Waals surface area contributed by atoms with Crippen LogP contribution in [-0.4, -0.2) is 40.0 Å². The molecule has 1 amide bonds. The molecular formula is C19H16N4O4S2. The first-order valence-corrected chi connectivity index (χ1v) is 10.3. The number of thiazole rings is 2. The lowest BCUT2D eigenvalue weighted by Crippen LogP contribution is -2.21. The van der Waals surface area contributed by atoms with Gasteiger partial charge < -0.3 is 9.47 Å². The number of methoxy groups -OCH3 is 1. The molecule has 0 fully saturated rings. The molecule has 1 aromatic carbocycles. The van der Waals surface area contributed by atoms with Crippen LogP contribution in [-0.2, 0) is 20.7 Å². The predicted octanol–water partition coefficient (Wildman–Crippen LogP) is 3.25. The average molecular weight is 428 g/mol. The molecule has 1 N–H and O–H groups in total. The highest BCUT2D eigenvalue weighted by atomic mass is 32.1. The van der Waals surface area contributed by atoms with E-state index in [9.17, 15) is 9.59 Å². The van der Waals surface area contributed by atoms with Gasteiger partial charge in [0, 0.05) is 28.7 Å². The van der Waals surface area contributed by atoms with E-state index < -0.39 is 11.9 Å². The van der Waals surface area contributed by atoms with Crippen LogP contribution >= 0.6 is 22.7 Å². The van der Waals surface area contributed by atoms with Crippen LogP contribution in [0.15, 0.2) is 47.4 Å². The third-order valence-corrected chi connectivity index (χ3v) is 5.50. The fourth-order valence-electron chi connectivity index (χ4n) is 2.59. The van der Waals surface area contributed by atoms with E-state index in [4.69, 9.17) is 9.47 Å². The lowest BCUT2D eigenvalue weighted by atomic mass is 10.2. The van der Waals surface area contributed by atoms with E-state index in [-0.39, 0.29) is 13.0 Å². The van der Waals surface area contributed by atoms with Crippen LogP contribution < -0.4 is 10.1 Å². The van der Waals surface area contributed by atoms with E-state index in [1.807, 2.05) is 45.6 Å². The molecule has 3 aromatic heterocycles. The van der Waals surface area contributed by atoms with E-state index in [0.717, 1.165) is 22.0 Å². The minimum atomic E-state index is -0.510. The fourth-order valence-corrected chi connectivity index (χ4v) is 4.04. The van der Waals surface area contributed by atoms with Crippen LogP contribution in [0, 0.1) is 0 Å². The van der Waals surface area contributed by atoms with Crippen LogP contribution in [0.1, 0.15) is 5.69 Å². The van der Waals surface area contributed by atoms with Gasteiger partial charge in [-0.25, -0.2) is 9.97 Å². The van der Waals surface area contributed by atoms with Gasteiger partial charge in [-0.1, -0.05) is 0 Å². The fraction of sp³-hybridized carbons (Fsp3) is 0.158. The van der Waals surface area contributed by atoms with Gasteiger partial charge >= 0.3 is 5.97 Å². The molecule has 4 rings (SSSR count). The number of nitrogens with zero attached hydrogens (tertiary/aromatic N) is 3. The molecule has 10 heteroatoms. The number of hydrogen-bond acceptors (Lipinski definition) is 8. The number of fused-ring (bicyclic) bond motifs is 1. The van der Waals surface area contributed by atoms with Crippen LogP contribution in [0.25, 0.3) is 16.2 Å². The van der Waals surface area contributed by atoms with E-state index in [1.165, 1.54) is 22.7 Å². The number of esters is 1. The Labute approximate surface area is 173 Å². The number of amides is 1. The van der Waals surface area contributed by atoms with Gasteiger partial charge in [0.05, 0.1) is 24.9 Å². The van der Waals surface area contributed by atoms with Crippen molar-refractivity contribution in [1.29, 1.82) is 0 Å². The van der Waals surface area contributed by atoms with Crippen LogP contribution in [0.4, 0.5) is 5.13 Å². The maximum Gasteiger partial charge on any atom is 0.312 e. The molecule has 0 bridgehead atoms. The maximum absolute atomic E-state index is 12.0. The molecule has 0 radical (unpaired) electrons. The third-order valence-electron chi connectivity index (χ3n) is 3.97. The Bertz CT molecular complexity index is 1120. The minimum Gasteiger partial charge on any atom is -0.497 e. The van der Waals surface area contributed by atoms with Crippen LogP contribution in [0.2, 0.25) is 0 Å². The summed E-state index contributed by atoms with van der Waals surface area (Å²) in [6.07, 6.45) is 3.65. The van der Waals surface area contributed by atoms with Gasteiger partial charge in [0.2, 0.25) is 0 Å². The van der Waals surface area contributed by atoms with Crippen molar-refractivity contribution in [3.63, 3.8) is 0 Å². The summed E-state index contributed by atoms with van der Waals surface area (Å²) >= 11 is 2.78. The Balaban J connectivity index is 1.27. The molecule has 0 saturated heterocycles. The van der Waals surface area contributed by atoms with E-state index in [1.54, 1.807) is 13.3 Å². The molecule has 148 valence electrons. The van der Waals surface area contributed by atoms with Gasteiger partial charge in [0.1, 0.15) is 5.75 Å². The summed E-state index contributed by atoms with van der Waals surface area (Å²) in [6.45, 7) is -0.376. The molecule has 4 aromatic rings. The second-order valence-electron chi connectivity index (χ2n) is 5.98. The van der Waals surface area contributed by atoms with Crippen molar-refractivity contribution in [2.75, 3.05) is 19.0 Å². The summed E-state index contributed by atoms with van der Waals surface area (Å²) in [4.78, 5) is 33.5. The number of imidazole rings is 1. The largest absolute Gasteiger partial charge is 0.497 e. The predicted molar refractivity (Wildman–Crippen MR) is 110 cm³/mol. The highest BCUT2D eigenvalue weighted by molar-refractivity contribution is 7.15. The van der Waals surface area contributed by atoms with Crippen molar-refractivity contribution in [3.8, 4) is 17.0 Å².